The van der Waals surface area contributed by atoms with E-state index in [1.165, 1.54) is 0 Å². The molecular weight excluding hydrogens is 480 g/mol. The van der Waals surface area contributed by atoms with Crippen LogP contribution in [0.5, 0.6) is 23.0 Å². The highest BCUT2D eigenvalue weighted by molar-refractivity contribution is 6.68. The first kappa shape index (κ1) is 21.8. The van der Waals surface area contributed by atoms with Gasteiger partial charge in [-0.1, -0.05) is 40.9 Å². The Labute approximate surface area is 200 Å². The van der Waals surface area contributed by atoms with Crippen LogP contribution in [0.3, 0.4) is 0 Å². The summed E-state index contributed by atoms with van der Waals surface area (Å²) in [6.45, 7) is 0.560. The van der Waals surface area contributed by atoms with E-state index < -0.39 is 16.5 Å². The maximum atomic E-state index is 12.7. The first-order valence-electron chi connectivity index (χ1n) is 10.3. The second-order valence-corrected chi connectivity index (χ2v) is 10.1. The Hall–Kier alpha value is -2.02. The lowest BCUT2D eigenvalue weighted by Gasteiger charge is -2.45. The summed E-state index contributed by atoms with van der Waals surface area (Å²) in [5.74, 6) is 2.44. The third kappa shape index (κ3) is 3.62. The SMILES string of the molecule is COc1ccc2c(c1OCCCF)[C@H](C(Cl)(Cl)Cl)N1CCc3cc4c(cc3C1=C2)OCO4. The molecule has 3 aliphatic heterocycles. The van der Waals surface area contributed by atoms with E-state index in [1.54, 1.807) is 7.11 Å². The molecule has 5 nitrogen and oxygen atoms in total. The molecule has 5 rings (SSSR count). The summed E-state index contributed by atoms with van der Waals surface area (Å²) in [6, 6.07) is 7.12. The fraction of sp³-hybridized carbons (Fsp3) is 0.391. The summed E-state index contributed by atoms with van der Waals surface area (Å²) in [5, 5.41) is 0. The molecule has 2 aromatic rings. The van der Waals surface area contributed by atoms with Crippen molar-refractivity contribution in [3.63, 3.8) is 0 Å². The average Bonchev–Trinajstić information content (AvgIpc) is 3.23. The van der Waals surface area contributed by atoms with Crippen LogP contribution < -0.4 is 18.9 Å². The zero-order valence-electron chi connectivity index (χ0n) is 17.3. The van der Waals surface area contributed by atoms with Crippen molar-refractivity contribution in [1.29, 1.82) is 0 Å². The second-order valence-electron chi connectivity index (χ2n) is 7.77. The lowest BCUT2D eigenvalue weighted by Crippen LogP contribution is -2.41. The highest BCUT2D eigenvalue weighted by Crippen LogP contribution is 2.56. The Morgan fingerprint density at radius 3 is 2.69 bits per heavy atom. The molecule has 0 fully saturated rings. The van der Waals surface area contributed by atoms with Crippen molar-refractivity contribution < 1.29 is 23.3 Å². The molecule has 0 aromatic heterocycles. The number of hydrogen-bond donors (Lipinski definition) is 0. The highest BCUT2D eigenvalue weighted by atomic mass is 35.6. The monoisotopic (exact) mass is 499 g/mol. The smallest absolute Gasteiger partial charge is 0.231 e. The van der Waals surface area contributed by atoms with E-state index in [0.29, 0.717) is 23.8 Å². The normalized spacial score (nSPS) is 18.5. The van der Waals surface area contributed by atoms with Crippen LogP contribution in [0.15, 0.2) is 24.3 Å². The average molecular weight is 501 g/mol. The summed E-state index contributed by atoms with van der Waals surface area (Å²) < 4.78 is 33.7. The molecule has 0 aliphatic carbocycles. The number of halogens is 4. The number of fused-ring (bicyclic) bond motifs is 5. The molecule has 3 aliphatic rings. The van der Waals surface area contributed by atoms with Gasteiger partial charge in [0.1, 0.15) is 6.04 Å². The molecule has 3 heterocycles. The predicted molar refractivity (Wildman–Crippen MR) is 123 cm³/mol. The number of methoxy groups -OCH3 is 1. The summed E-state index contributed by atoms with van der Waals surface area (Å²) >= 11 is 19.7. The van der Waals surface area contributed by atoms with Crippen LogP contribution in [0.25, 0.3) is 11.8 Å². The van der Waals surface area contributed by atoms with E-state index in [2.05, 4.69) is 11.0 Å². The highest BCUT2D eigenvalue weighted by Gasteiger charge is 2.46. The Balaban J connectivity index is 1.69. The van der Waals surface area contributed by atoms with Gasteiger partial charge >= 0.3 is 0 Å². The van der Waals surface area contributed by atoms with Crippen molar-refractivity contribution >= 4 is 46.6 Å². The van der Waals surface area contributed by atoms with Gasteiger partial charge in [-0.3, -0.25) is 4.39 Å². The molecule has 1 atom stereocenters. The van der Waals surface area contributed by atoms with Crippen molar-refractivity contribution in [2.45, 2.75) is 22.7 Å². The lowest BCUT2D eigenvalue weighted by molar-refractivity contribution is 0.174. The number of ether oxygens (including phenoxy) is 4. The van der Waals surface area contributed by atoms with Gasteiger partial charge in [0.25, 0.3) is 0 Å². The van der Waals surface area contributed by atoms with Gasteiger partial charge in [-0.25, -0.2) is 0 Å². The molecular formula is C23H21Cl3FNO4. The minimum Gasteiger partial charge on any atom is -0.493 e. The maximum absolute atomic E-state index is 12.7. The first-order valence-corrected chi connectivity index (χ1v) is 11.4. The standard InChI is InChI=1S/C23H21Cl3FNO4/c1-29-17-4-3-14-9-16-15-11-19-18(31-12-32-19)10-13(15)5-7-28(16)22(23(24,25)26)20(14)21(17)30-8-2-6-27/h3-4,9-11,22H,2,5-8,12H2,1H3/t22-/m1/s1. The van der Waals surface area contributed by atoms with Crippen molar-refractivity contribution in [1.82, 2.24) is 4.90 Å². The van der Waals surface area contributed by atoms with Crippen LogP contribution in [0.2, 0.25) is 0 Å². The molecule has 0 unspecified atom stereocenters. The zero-order chi connectivity index (χ0) is 22.5. The molecule has 170 valence electrons. The zero-order valence-corrected chi connectivity index (χ0v) is 19.6. The van der Waals surface area contributed by atoms with Crippen molar-refractivity contribution in [3.05, 3.63) is 46.5 Å². The summed E-state index contributed by atoms with van der Waals surface area (Å²) in [5.41, 5.74) is 4.68. The van der Waals surface area contributed by atoms with Gasteiger partial charge in [-0.2, -0.15) is 0 Å². The number of nitrogens with zero attached hydrogens (tertiary/aromatic N) is 1. The molecule has 0 spiro atoms. The van der Waals surface area contributed by atoms with E-state index in [1.807, 2.05) is 24.3 Å². The molecule has 9 heteroatoms. The fourth-order valence-corrected chi connectivity index (χ4v) is 5.24. The summed E-state index contributed by atoms with van der Waals surface area (Å²) in [4.78, 5) is 2.08. The third-order valence-electron chi connectivity index (χ3n) is 5.93. The second kappa shape index (κ2) is 8.40. The van der Waals surface area contributed by atoms with Gasteiger partial charge in [0.15, 0.2) is 23.0 Å². The molecule has 0 bridgehead atoms. The summed E-state index contributed by atoms with van der Waals surface area (Å²) in [6.07, 6.45) is 3.07. The van der Waals surface area contributed by atoms with Crippen LogP contribution in [-0.4, -0.2) is 42.4 Å². The Morgan fingerprint density at radius 1 is 1.19 bits per heavy atom. The molecule has 0 saturated carbocycles. The predicted octanol–water partition coefficient (Wildman–Crippen LogP) is 5.94. The minimum absolute atomic E-state index is 0.193. The van der Waals surface area contributed by atoms with Crippen LogP contribution in [0, 0.1) is 0 Å². The van der Waals surface area contributed by atoms with Crippen LogP contribution in [-0.2, 0) is 6.42 Å². The molecule has 2 aromatic carbocycles. The van der Waals surface area contributed by atoms with Crippen molar-refractivity contribution in [2.75, 3.05) is 33.7 Å². The van der Waals surface area contributed by atoms with E-state index in [4.69, 9.17) is 53.8 Å². The first-order chi connectivity index (χ1) is 15.4. The lowest BCUT2D eigenvalue weighted by atomic mass is 9.86. The van der Waals surface area contributed by atoms with E-state index >= 15 is 0 Å². The Morgan fingerprint density at radius 2 is 1.97 bits per heavy atom. The number of rotatable bonds is 5. The van der Waals surface area contributed by atoms with E-state index in [0.717, 1.165) is 40.1 Å². The van der Waals surface area contributed by atoms with Crippen LogP contribution in [0.4, 0.5) is 4.39 Å². The van der Waals surface area contributed by atoms with Crippen LogP contribution in [0.1, 0.15) is 34.7 Å². The fourth-order valence-electron chi connectivity index (χ4n) is 4.56. The number of alkyl halides is 4. The van der Waals surface area contributed by atoms with E-state index in [9.17, 15) is 4.39 Å². The van der Waals surface area contributed by atoms with Gasteiger partial charge < -0.3 is 23.8 Å². The van der Waals surface area contributed by atoms with E-state index in [-0.39, 0.29) is 19.8 Å². The molecule has 0 amide bonds. The van der Waals surface area contributed by atoms with Crippen LogP contribution >= 0.6 is 34.8 Å². The molecule has 0 saturated heterocycles. The van der Waals surface area contributed by atoms with Gasteiger partial charge in [-0.05, 0) is 41.8 Å². The topological polar surface area (TPSA) is 40.2 Å². The molecule has 0 N–H and O–H groups in total. The van der Waals surface area contributed by atoms with Crippen molar-refractivity contribution in [2.24, 2.45) is 0 Å². The van der Waals surface area contributed by atoms with Gasteiger partial charge in [-0.15, -0.1) is 0 Å². The largest absolute Gasteiger partial charge is 0.493 e. The summed E-state index contributed by atoms with van der Waals surface area (Å²) in [7, 11) is 1.55. The minimum atomic E-state index is -1.66. The van der Waals surface area contributed by atoms with Gasteiger partial charge in [0.05, 0.1) is 20.4 Å². The molecule has 32 heavy (non-hydrogen) atoms. The maximum Gasteiger partial charge on any atom is 0.231 e. The Kier molecular flexibility index (Phi) is 5.72. The quantitative estimate of drug-likeness (QED) is 0.375. The Bertz CT molecular complexity index is 1090. The van der Waals surface area contributed by atoms with Gasteiger partial charge in [0, 0.05) is 29.8 Å². The number of hydrogen-bond acceptors (Lipinski definition) is 5. The van der Waals surface area contributed by atoms with Gasteiger partial charge in [0.2, 0.25) is 10.6 Å². The van der Waals surface area contributed by atoms with Crippen molar-refractivity contribution in [3.8, 4) is 23.0 Å². The number of benzene rings is 2. The third-order valence-corrected chi connectivity index (χ3v) is 6.55. The molecule has 0 radical (unpaired) electrons.